The Balaban J connectivity index is 1.56. The predicted molar refractivity (Wildman–Crippen MR) is 154 cm³/mol. The summed E-state index contributed by atoms with van der Waals surface area (Å²) in [5, 5.41) is 6.89. The Labute approximate surface area is 249 Å². The molecule has 4 rings (SSSR count). The van der Waals surface area contributed by atoms with E-state index in [2.05, 4.69) is 25.4 Å². The Morgan fingerprint density at radius 1 is 1.00 bits per heavy atom. The summed E-state index contributed by atoms with van der Waals surface area (Å²) in [7, 11) is 0. The van der Waals surface area contributed by atoms with Gasteiger partial charge in [-0.3, -0.25) is 14.4 Å². The number of rotatable bonds is 9. The molecule has 0 spiro atoms. The molecule has 0 saturated carbocycles. The standard InChI is InChI=1S/C29H36N8O6/c1-5-42-28(41)36-15-13-35(14-16-36)27(40)21(11-12-24(38)43-29(2,3)4)33-26(39)22-17-23(37-19-30-18-31-37)34-25(32-22)20-9-7-6-8-10-20/h6-10,17-19,21H,5,11-16H2,1-4H3,(H,33,39)/t21-/m0/s1. The minimum Gasteiger partial charge on any atom is -0.460 e. The lowest BCUT2D eigenvalue weighted by Crippen LogP contribution is -2.56. The zero-order valence-electron chi connectivity index (χ0n) is 24.7. The second-order valence-corrected chi connectivity index (χ2v) is 10.8. The second-order valence-electron chi connectivity index (χ2n) is 10.8. The van der Waals surface area contributed by atoms with Crippen LogP contribution >= 0.6 is 0 Å². The molecule has 1 N–H and O–H groups in total. The molecule has 1 fully saturated rings. The van der Waals surface area contributed by atoms with E-state index in [-0.39, 0.29) is 63.1 Å². The molecular weight excluding hydrogens is 556 g/mol. The Morgan fingerprint density at radius 3 is 2.33 bits per heavy atom. The van der Waals surface area contributed by atoms with Gasteiger partial charge in [-0.2, -0.15) is 5.10 Å². The average Bonchev–Trinajstić information content (AvgIpc) is 3.54. The molecule has 1 aliphatic rings. The van der Waals surface area contributed by atoms with Gasteiger partial charge in [-0.1, -0.05) is 30.3 Å². The van der Waals surface area contributed by atoms with Crippen molar-refractivity contribution >= 4 is 23.9 Å². The first kappa shape index (κ1) is 31.1. The van der Waals surface area contributed by atoms with Crippen molar-refractivity contribution in [1.29, 1.82) is 0 Å². The highest BCUT2D eigenvalue weighted by molar-refractivity contribution is 5.97. The van der Waals surface area contributed by atoms with Crippen LogP contribution in [0.3, 0.4) is 0 Å². The number of ether oxygens (including phenoxy) is 2. The van der Waals surface area contributed by atoms with Gasteiger partial charge >= 0.3 is 12.1 Å². The van der Waals surface area contributed by atoms with Gasteiger partial charge in [-0.05, 0) is 34.1 Å². The molecule has 1 atom stereocenters. The summed E-state index contributed by atoms with van der Waals surface area (Å²) >= 11 is 0. The fourth-order valence-electron chi connectivity index (χ4n) is 4.40. The third kappa shape index (κ3) is 8.56. The van der Waals surface area contributed by atoms with Crippen LogP contribution in [0.5, 0.6) is 0 Å². The third-order valence-electron chi connectivity index (χ3n) is 6.41. The Hall–Kier alpha value is -4.88. The van der Waals surface area contributed by atoms with Gasteiger partial charge < -0.3 is 24.6 Å². The van der Waals surface area contributed by atoms with Crippen molar-refractivity contribution in [1.82, 2.24) is 39.8 Å². The van der Waals surface area contributed by atoms with Crippen molar-refractivity contribution in [3.8, 4) is 17.2 Å². The fourth-order valence-corrected chi connectivity index (χ4v) is 4.40. The summed E-state index contributed by atoms with van der Waals surface area (Å²) in [6.45, 7) is 8.31. The van der Waals surface area contributed by atoms with E-state index in [1.807, 2.05) is 30.3 Å². The minimum atomic E-state index is -1.06. The number of aromatic nitrogens is 5. The number of hydrogen-bond acceptors (Lipinski definition) is 10. The van der Waals surface area contributed by atoms with Crippen molar-refractivity contribution < 1.29 is 28.7 Å². The first-order valence-electron chi connectivity index (χ1n) is 14.1. The van der Waals surface area contributed by atoms with Crippen molar-refractivity contribution in [3.05, 3.63) is 54.7 Å². The molecular formula is C29H36N8O6. The molecule has 14 nitrogen and oxygen atoms in total. The van der Waals surface area contributed by atoms with Gasteiger partial charge in [0, 0.05) is 44.2 Å². The highest BCUT2D eigenvalue weighted by atomic mass is 16.6. The number of nitrogens with one attached hydrogen (secondary N) is 1. The summed E-state index contributed by atoms with van der Waals surface area (Å²) in [5.41, 5.74) is -0.0207. The zero-order chi connectivity index (χ0) is 31.0. The Kier molecular flexibility index (Phi) is 10.0. The number of hydrogen-bond donors (Lipinski definition) is 1. The SMILES string of the molecule is CCOC(=O)N1CCN(C(=O)[C@H](CCC(=O)OC(C)(C)C)NC(=O)c2cc(-n3cncn3)nc(-c3ccccc3)n2)CC1. The largest absolute Gasteiger partial charge is 0.460 e. The molecule has 1 aromatic carbocycles. The van der Waals surface area contributed by atoms with E-state index in [0.717, 1.165) is 0 Å². The van der Waals surface area contributed by atoms with Crippen LogP contribution in [0.25, 0.3) is 17.2 Å². The highest BCUT2D eigenvalue weighted by Gasteiger charge is 2.32. The van der Waals surface area contributed by atoms with E-state index in [0.29, 0.717) is 11.4 Å². The molecule has 14 heteroatoms. The molecule has 2 aromatic heterocycles. The van der Waals surface area contributed by atoms with Crippen molar-refractivity contribution in [3.63, 3.8) is 0 Å². The highest BCUT2D eigenvalue weighted by Crippen LogP contribution is 2.18. The molecule has 0 radical (unpaired) electrons. The van der Waals surface area contributed by atoms with E-state index in [1.54, 1.807) is 32.6 Å². The van der Waals surface area contributed by atoms with Crippen LogP contribution in [0.15, 0.2) is 49.1 Å². The van der Waals surface area contributed by atoms with Crippen molar-refractivity contribution in [2.24, 2.45) is 0 Å². The van der Waals surface area contributed by atoms with E-state index in [1.165, 1.54) is 28.3 Å². The van der Waals surface area contributed by atoms with Crippen LogP contribution in [0.4, 0.5) is 4.79 Å². The van der Waals surface area contributed by atoms with Crippen LogP contribution in [-0.2, 0) is 19.1 Å². The van der Waals surface area contributed by atoms with Gasteiger partial charge in [-0.15, -0.1) is 0 Å². The molecule has 1 saturated heterocycles. The maximum Gasteiger partial charge on any atom is 0.409 e. The maximum absolute atomic E-state index is 13.7. The number of benzene rings is 1. The topological polar surface area (TPSA) is 162 Å². The van der Waals surface area contributed by atoms with Crippen LogP contribution in [0, 0.1) is 0 Å². The quantitative estimate of drug-likeness (QED) is 0.365. The summed E-state index contributed by atoms with van der Waals surface area (Å²) in [6.07, 6.45) is 2.26. The van der Waals surface area contributed by atoms with Gasteiger partial charge in [0.1, 0.15) is 30.0 Å². The van der Waals surface area contributed by atoms with Gasteiger partial charge in [0.2, 0.25) is 5.91 Å². The molecule has 3 aromatic rings. The monoisotopic (exact) mass is 592 g/mol. The molecule has 3 amide bonds. The predicted octanol–water partition coefficient (Wildman–Crippen LogP) is 2.25. The Bertz CT molecular complexity index is 1420. The van der Waals surface area contributed by atoms with E-state index in [9.17, 15) is 19.2 Å². The van der Waals surface area contributed by atoms with E-state index >= 15 is 0 Å². The van der Waals surface area contributed by atoms with Crippen molar-refractivity contribution in [2.45, 2.75) is 52.2 Å². The van der Waals surface area contributed by atoms with E-state index in [4.69, 9.17) is 9.47 Å². The lowest BCUT2D eigenvalue weighted by Gasteiger charge is -2.36. The van der Waals surface area contributed by atoms with Crippen LogP contribution in [-0.4, -0.2) is 103 Å². The zero-order valence-corrected chi connectivity index (χ0v) is 24.7. The normalized spacial score (nSPS) is 14.1. The van der Waals surface area contributed by atoms with E-state index < -0.39 is 29.6 Å². The summed E-state index contributed by atoms with van der Waals surface area (Å²) in [5.74, 6) is -0.912. The molecule has 3 heterocycles. The average molecular weight is 593 g/mol. The Morgan fingerprint density at radius 2 is 1.70 bits per heavy atom. The fraction of sp³-hybridized carbons (Fsp3) is 0.448. The second kappa shape index (κ2) is 13.9. The molecule has 0 bridgehead atoms. The smallest absolute Gasteiger partial charge is 0.409 e. The summed E-state index contributed by atoms with van der Waals surface area (Å²) in [4.78, 5) is 68.0. The van der Waals surface area contributed by atoms with Gasteiger partial charge in [-0.25, -0.2) is 24.4 Å². The van der Waals surface area contributed by atoms with Crippen LogP contribution in [0.2, 0.25) is 0 Å². The van der Waals surface area contributed by atoms with Crippen LogP contribution in [0.1, 0.15) is 51.0 Å². The summed E-state index contributed by atoms with van der Waals surface area (Å²) in [6, 6.07) is 9.52. The van der Waals surface area contributed by atoms with Gasteiger partial charge in [0.05, 0.1) is 6.61 Å². The first-order chi connectivity index (χ1) is 20.5. The molecule has 43 heavy (non-hydrogen) atoms. The summed E-state index contributed by atoms with van der Waals surface area (Å²) < 4.78 is 11.9. The number of esters is 1. The number of carbonyl (C=O) groups excluding carboxylic acids is 4. The molecule has 1 aliphatic heterocycles. The minimum absolute atomic E-state index is 0.00144. The lowest BCUT2D eigenvalue weighted by atomic mass is 10.1. The first-order valence-corrected chi connectivity index (χ1v) is 14.1. The third-order valence-corrected chi connectivity index (χ3v) is 6.41. The molecule has 228 valence electrons. The molecule has 0 aliphatic carbocycles. The number of carbonyl (C=O) groups is 4. The number of nitrogens with zero attached hydrogens (tertiary/aromatic N) is 7. The molecule has 0 unspecified atom stereocenters. The maximum atomic E-state index is 13.7. The van der Waals surface area contributed by atoms with Gasteiger partial charge in [0.25, 0.3) is 5.91 Å². The van der Waals surface area contributed by atoms with Gasteiger partial charge in [0.15, 0.2) is 11.6 Å². The number of amides is 3. The van der Waals surface area contributed by atoms with Crippen LogP contribution < -0.4 is 5.32 Å². The van der Waals surface area contributed by atoms with Crippen molar-refractivity contribution in [2.75, 3.05) is 32.8 Å². The lowest BCUT2D eigenvalue weighted by molar-refractivity contribution is -0.155. The number of piperazine rings is 1.